The van der Waals surface area contributed by atoms with E-state index in [2.05, 4.69) is 10.2 Å². The summed E-state index contributed by atoms with van der Waals surface area (Å²) in [6.07, 6.45) is 0. The molecule has 0 aliphatic rings. The van der Waals surface area contributed by atoms with Crippen LogP contribution >= 0.6 is 7.68 Å². The normalized spacial score (nSPS) is 10.6. The van der Waals surface area contributed by atoms with Gasteiger partial charge >= 0.3 is 13.6 Å². The van der Waals surface area contributed by atoms with Crippen molar-refractivity contribution in [2.75, 3.05) is 0 Å². The van der Waals surface area contributed by atoms with E-state index in [-0.39, 0.29) is 10.9 Å². The van der Waals surface area contributed by atoms with E-state index in [1.807, 2.05) is 0 Å². The standard InChI is InChI=1S/C13H9N2O4P/c16-13(17)9-4-6-10(7-5-9)14-15-11-2-1-3-12(8-11)20(18)19/h1-8H,(H,16,17). The molecule has 0 fully saturated rings. The topological polar surface area (TPSA) is 96.2 Å². The molecule has 0 aliphatic heterocycles. The van der Waals surface area contributed by atoms with E-state index in [1.165, 1.54) is 36.4 Å². The minimum atomic E-state index is -2.66. The number of carboxylic acid groups (broad SMARTS) is 1. The van der Waals surface area contributed by atoms with Gasteiger partial charge in [0.1, 0.15) is 0 Å². The number of azo groups is 1. The fourth-order valence-electron chi connectivity index (χ4n) is 1.45. The molecule has 2 aromatic rings. The first-order chi connectivity index (χ1) is 9.56. The molecule has 1 N–H and O–H groups in total. The Balaban J connectivity index is 2.20. The van der Waals surface area contributed by atoms with Crippen molar-refractivity contribution < 1.29 is 19.0 Å². The van der Waals surface area contributed by atoms with Crippen LogP contribution < -0.4 is 5.30 Å². The van der Waals surface area contributed by atoms with Crippen molar-refractivity contribution in [1.82, 2.24) is 0 Å². The van der Waals surface area contributed by atoms with Crippen molar-refractivity contribution in [1.29, 1.82) is 0 Å². The molecule has 0 aliphatic carbocycles. The zero-order valence-electron chi connectivity index (χ0n) is 10.1. The average molecular weight is 288 g/mol. The van der Waals surface area contributed by atoms with Crippen LogP contribution in [0.3, 0.4) is 0 Å². The summed E-state index contributed by atoms with van der Waals surface area (Å²) in [5.41, 5.74) is 1.05. The second-order valence-electron chi connectivity index (χ2n) is 3.83. The molecular formula is C13H9N2O4P. The number of benzene rings is 2. The molecule has 0 heterocycles. The number of hydrogen-bond donors (Lipinski definition) is 1. The minimum Gasteiger partial charge on any atom is -0.478 e. The van der Waals surface area contributed by atoms with Gasteiger partial charge in [0, 0.05) is 0 Å². The first-order valence-corrected chi connectivity index (χ1v) is 6.73. The van der Waals surface area contributed by atoms with Gasteiger partial charge in [-0.3, -0.25) is 0 Å². The first-order valence-electron chi connectivity index (χ1n) is 5.56. The minimum absolute atomic E-state index is 0.161. The quantitative estimate of drug-likeness (QED) is 0.686. The Hall–Kier alpha value is -2.59. The highest BCUT2D eigenvalue weighted by atomic mass is 31.1. The first kappa shape index (κ1) is 13.8. The maximum absolute atomic E-state index is 10.8. The van der Waals surface area contributed by atoms with Crippen LogP contribution in [0.15, 0.2) is 58.8 Å². The summed E-state index contributed by atoms with van der Waals surface area (Å²) in [6, 6.07) is 11.9. The fraction of sp³-hybridized carbons (Fsp3) is 0. The molecule has 0 atom stereocenters. The number of aromatic carboxylic acids is 1. The Kier molecular flexibility index (Phi) is 4.17. The summed E-state index contributed by atoms with van der Waals surface area (Å²) in [6.45, 7) is 0. The van der Waals surface area contributed by atoms with E-state index in [0.29, 0.717) is 11.4 Å². The molecule has 20 heavy (non-hydrogen) atoms. The highest BCUT2D eigenvalue weighted by Crippen LogP contribution is 2.19. The Bertz CT molecular complexity index is 728. The molecule has 0 amide bonds. The molecule has 0 unspecified atom stereocenters. The summed E-state index contributed by atoms with van der Waals surface area (Å²) < 4.78 is 21.7. The monoisotopic (exact) mass is 288 g/mol. The average Bonchev–Trinajstić information content (AvgIpc) is 2.46. The van der Waals surface area contributed by atoms with Crippen LogP contribution in [0.25, 0.3) is 0 Å². The predicted molar refractivity (Wildman–Crippen MR) is 71.9 cm³/mol. The molecule has 0 radical (unpaired) electrons. The lowest BCUT2D eigenvalue weighted by Crippen LogP contribution is -1.93. The van der Waals surface area contributed by atoms with Crippen LogP contribution in [-0.2, 0) is 9.13 Å². The van der Waals surface area contributed by atoms with Gasteiger partial charge in [-0.1, -0.05) is 6.07 Å². The molecule has 0 aromatic heterocycles. The molecule has 0 spiro atoms. The summed E-state index contributed by atoms with van der Waals surface area (Å²) in [4.78, 5) is 10.7. The Morgan fingerprint density at radius 3 is 2.20 bits per heavy atom. The van der Waals surface area contributed by atoms with Crippen molar-refractivity contribution in [2.24, 2.45) is 10.2 Å². The van der Waals surface area contributed by atoms with Crippen molar-refractivity contribution in [3.8, 4) is 0 Å². The second kappa shape index (κ2) is 6.04. The SMILES string of the molecule is O=C(O)c1ccc(N=Nc2cccc(P(=O)=O)c2)cc1. The van der Waals surface area contributed by atoms with Crippen LogP contribution in [0.1, 0.15) is 10.4 Å². The van der Waals surface area contributed by atoms with E-state index in [0.717, 1.165) is 0 Å². The maximum atomic E-state index is 10.8. The van der Waals surface area contributed by atoms with E-state index in [4.69, 9.17) is 5.11 Å². The van der Waals surface area contributed by atoms with Crippen molar-refractivity contribution >= 4 is 30.3 Å². The highest BCUT2D eigenvalue weighted by molar-refractivity contribution is 7.40. The molecule has 7 heteroatoms. The van der Waals surface area contributed by atoms with Gasteiger partial charge in [-0.2, -0.15) is 10.2 Å². The molecule has 2 aromatic carbocycles. The van der Waals surface area contributed by atoms with Gasteiger partial charge in [0.15, 0.2) is 0 Å². The second-order valence-corrected chi connectivity index (χ2v) is 4.86. The molecule has 0 bridgehead atoms. The largest absolute Gasteiger partial charge is 0.478 e. The van der Waals surface area contributed by atoms with Gasteiger partial charge in [0.2, 0.25) is 0 Å². The van der Waals surface area contributed by atoms with E-state index >= 15 is 0 Å². The fourth-order valence-corrected chi connectivity index (χ4v) is 1.90. The van der Waals surface area contributed by atoms with Crippen molar-refractivity contribution in [3.63, 3.8) is 0 Å². The lowest BCUT2D eigenvalue weighted by atomic mass is 10.2. The van der Waals surface area contributed by atoms with Crippen LogP contribution in [-0.4, -0.2) is 11.1 Å². The smallest absolute Gasteiger partial charge is 0.348 e. The third-order valence-corrected chi connectivity index (χ3v) is 3.14. The lowest BCUT2D eigenvalue weighted by Gasteiger charge is -1.96. The summed E-state index contributed by atoms with van der Waals surface area (Å²) in [5.74, 6) is -1.01. The highest BCUT2D eigenvalue weighted by Gasteiger charge is 2.02. The zero-order chi connectivity index (χ0) is 14.5. The number of rotatable bonds is 4. The van der Waals surface area contributed by atoms with Crippen LogP contribution in [0, 0.1) is 0 Å². The van der Waals surface area contributed by atoms with E-state index < -0.39 is 13.6 Å². The third kappa shape index (κ3) is 3.46. The van der Waals surface area contributed by atoms with Crippen molar-refractivity contribution in [3.05, 3.63) is 54.1 Å². The molecular weight excluding hydrogens is 279 g/mol. The number of hydrogen-bond acceptors (Lipinski definition) is 5. The van der Waals surface area contributed by atoms with Crippen LogP contribution in [0.4, 0.5) is 11.4 Å². The molecule has 0 saturated heterocycles. The number of nitrogens with zero attached hydrogens (tertiary/aromatic N) is 2. The Morgan fingerprint density at radius 2 is 1.60 bits per heavy atom. The summed E-state index contributed by atoms with van der Waals surface area (Å²) in [7, 11) is -2.66. The van der Waals surface area contributed by atoms with Gasteiger partial charge in [0.25, 0.3) is 0 Å². The molecule has 6 nitrogen and oxygen atoms in total. The van der Waals surface area contributed by atoms with Gasteiger partial charge in [-0.15, -0.1) is 0 Å². The van der Waals surface area contributed by atoms with E-state index in [9.17, 15) is 13.9 Å². The van der Waals surface area contributed by atoms with Crippen molar-refractivity contribution in [2.45, 2.75) is 0 Å². The number of carbonyl (C=O) groups is 1. The zero-order valence-corrected chi connectivity index (χ0v) is 11.0. The molecule has 2 rings (SSSR count). The summed E-state index contributed by atoms with van der Waals surface area (Å²) >= 11 is 0. The van der Waals surface area contributed by atoms with Crippen LogP contribution in [0.2, 0.25) is 0 Å². The molecule has 0 saturated carbocycles. The van der Waals surface area contributed by atoms with Gasteiger partial charge in [-0.05, 0) is 42.5 Å². The van der Waals surface area contributed by atoms with Crippen LogP contribution in [0.5, 0.6) is 0 Å². The van der Waals surface area contributed by atoms with Gasteiger partial charge in [0.05, 0.1) is 22.2 Å². The molecule has 100 valence electrons. The Morgan fingerprint density at radius 1 is 0.950 bits per heavy atom. The van der Waals surface area contributed by atoms with E-state index in [1.54, 1.807) is 12.1 Å². The lowest BCUT2D eigenvalue weighted by molar-refractivity contribution is 0.0697. The summed E-state index contributed by atoms with van der Waals surface area (Å²) in [5, 5.41) is 16.7. The number of carboxylic acids is 1. The predicted octanol–water partition coefficient (Wildman–Crippen LogP) is 3.60. The van der Waals surface area contributed by atoms with Gasteiger partial charge in [-0.25, -0.2) is 13.9 Å². The Labute approximate surface area is 114 Å². The third-order valence-electron chi connectivity index (χ3n) is 2.44. The van der Waals surface area contributed by atoms with Gasteiger partial charge < -0.3 is 5.11 Å². The maximum Gasteiger partial charge on any atom is 0.348 e.